The summed E-state index contributed by atoms with van der Waals surface area (Å²) in [6.07, 6.45) is -4.10. The van der Waals surface area contributed by atoms with E-state index in [2.05, 4.69) is 15.8 Å². The molecule has 0 saturated carbocycles. The van der Waals surface area contributed by atoms with Crippen molar-refractivity contribution >= 4 is 23.0 Å². The number of carbonyl (C=O) groups is 1. The van der Waals surface area contributed by atoms with E-state index in [4.69, 9.17) is 4.74 Å². The molecule has 2 N–H and O–H groups in total. The molecule has 2 aromatic carbocycles. The second-order valence-corrected chi connectivity index (χ2v) is 6.29. The summed E-state index contributed by atoms with van der Waals surface area (Å²) in [6, 6.07) is 10.6. The van der Waals surface area contributed by atoms with E-state index in [0.29, 0.717) is 12.1 Å². The lowest BCUT2D eigenvalue weighted by molar-refractivity contribution is -0.137. The van der Waals surface area contributed by atoms with Gasteiger partial charge in [0.2, 0.25) is 5.91 Å². The summed E-state index contributed by atoms with van der Waals surface area (Å²) in [5.41, 5.74) is 4.17. The second-order valence-electron chi connectivity index (χ2n) is 6.29. The van der Waals surface area contributed by atoms with E-state index in [1.54, 1.807) is 24.3 Å². The zero-order chi connectivity index (χ0) is 19.6. The summed E-state index contributed by atoms with van der Waals surface area (Å²) in [5.74, 6) is -0.0154. The molecule has 0 spiro atoms. The molecule has 1 atom stereocenters. The minimum Gasteiger partial charge on any atom is -0.497 e. The Balaban J connectivity index is 1.82. The van der Waals surface area contributed by atoms with E-state index in [-0.39, 0.29) is 23.3 Å². The van der Waals surface area contributed by atoms with Gasteiger partial charge in [0.1, 0.15) is 5.75 Å². The maximum Gasteiger partial charge on any atom is 0.416 e. The van der Waals surface area contributed by atoms with Gasteiger partial charge in [-0.3, -0.25) is 4.79 Å². The molecule has 27 heavy (non-hydrogen) atoms. The van der Waals surface area contributed by atoms with Crippen LogP contribution in [0.25, 0.3) is 0 Å². The van der Waals surface area contributed by atoms with Gasteiger partial charge in [-0.1, -0.05) is 19.1 Å². The number of hydrogen-bond acceptors (Lipinski definition) is 4. The molecule has 1 aliphatic rings. The minimum atomic E-state index is -4.46. The smallest absolute Gasteiger partial charge is 0.416 e. The molecule has 1 heterocycles. The van der Waals surface area contributed by atoms with E-state index >= 15 is 0 Å². The third-order valence-corrected chi connectivity index (χ3v) is 4.20. The predicted molar refractivity (Wildman–Crippen MR) is 96.2 cm³/mol. The Bertz CT molecular complexity index is 877. The number of alkyl halides is 3. The Morgan fingerprint density at radius 2 is 1.85 bits per heavy atom. The van der Waals surface area contributed by atoms with Crippen LogP contribution < -0.4 is 15.5 Å². The molecule has 0 radical (unpaired) electrons. The van der Waals surface area contributed by atoms with E-state index in [9.17, 15) is 18.0 Å². The summed E-state index contributed by atoms with van der Waals surface area (Å²) in [5, 5.41) is 7.04. The molecule has 0 aromatic heterocycles. The molecule has 5 nitrogen and oxygen atoms in total. The van der Waals surface area contributed by atoms with Crippen LogP contribution in [0.15, 0.2) is 47.6 Å². The summed E-state index contributed by atoms with van der Waals surface area (Å²) < 4.78 is 44.0. The summed E-state index contributed by atoms with van der Waals surface area (Å²) in [6.45, 7) is 1.92. The second kappa shape index (κ2) is 7.30. The molecule has 1 unspecified atom stereocenters. The highest BCUT2D eigenvalue weighted by Gasteiger charge is 2.31. The number of rotatable bonds is 4. The highest BCUT2D eigenvalue weighted by atomic mass is 19.4. The summed E-state index contributed by atoms with van der Waals surface area (Å²) in [4.78, 5) is 11.3. The van der Waals surface area contributed by atoms with E-state index < -0.39 is 11.7 Å². The number of methoxy groups -OCH3 is 1. The molecule has 142 valence electrons. The molecule has 3 rings (SSSR count). The van der Waals surface area contributed by atoms with Crippen molar-refractivity contribution in [1.82, 2.24) is 5.43 Å². The van der Waals surface area contributed by atoms with Crippen LogP contribution in [0.2, 0.25) is 0 Å². The lowest BCUT2D eigenvalue weighted by atomic mass is 9.94. The van der Waals surface area contributed by atoms with E-state index in [1.807, 2.05) is 6.92 Å². The van der Waals surface area contributed by atoms with Crippen LogP contribution in [0.4, 0.5) is 24.5 Å². The molecule has 0 fully saturated rings. The van der Waals surface area contributed by atoms with Crippen molar-refractivity contribution in [3.63, 3.8) is 0 Å². The van der Waals surface area contributed by atoms with Crippen LogP contribution >= 0.6 is 0 Å². The third kappa shape index (κ3) is 4.39. The Morgan fingerprint density at radius 3 is 2.44 bits per heavy atom. The van der Waals surface area contributed by atoms with Gasteiger partial charge in [-0.2, -0.15) is 18.3 Å². The Labute approximate surface area is 154 Å². The number of nitrogens with zero attached hydrogens (tertiary/aromatic N) is 1. The van der Waals surface area contributed by atoms with Crippen LogP contribution in [0, 0.1) is 5.92 Å². The van der Waals surface area contributed by atoms with Gasteiger partial charge >= 0.3 is 6.18 Å². The van der Waals surface area contributed by atoms with Gasteiger partial charge in [0.25, 0.3) is 0 Å². The Hall–Kier alpha value is -3.03. The Kier molecular flexibility index (Phi) is 5.07. The minimum absolute atomic E-state index is 0.00899. The standard InChI is InChI=1S/C19H18F3N3O2/c1-11-7-17(26)24-25-18(11)12-3-5-14(6-4-12)23-15-8-13(19(20,21)22)9-16(10-15)27-2/h3-6,8-11,23H,7H2,1-2H3,(H,24,26). The highest BCUT2D eigenvalue weighted by molar-refractivity contribution is 6.05. The van der Waals surface area contributed by atoms with Crippen LogP contribution in [0.5, 0.6) is 5.75 Å². The van der Waals surface area contributed by atoms with Gasteiger partial charge in [0, 0.05) is 29.8 Å². The van der Waals surface area contributed by atoms with Crippen LogP contribution in [-0.2, 0) is 11.0 Å². The molecule has 0 saturated heterocycles. The number of ether oxygens (including phenoxy) is 1. The first-order chi connectivity index (χ1) is 12.8. The maximum atomic E-state index is 13.0. The molecule has 1 amide bonds. The van der Waals surface area contributed by atoms with Crippen molar-refractivity contribution in [3.8, 4) is 5.75 Å². The zero-order valence-electron chi connectivity index (χ0n) is 14.7. The number of halogens is 3. The van der Waals surface area contributed by atoms with Crippen molar-refractivity contribution < 1.29 is 22.7 Å². The monoisotopic (exact) mass is 377 g/mol. The Morgan fingerprint density at radius 1 is 1.15 bits per heavy atom. The number of hydrogen-bond donors (Lipinski definition) is 2. The fourth-order valence-corrected chi connectivity index (χ4v) is 2.85. The summed E-state index contributed by atoms with van der Waals surface area (Å²) in [7, 11) is 1.32. The first-order valence-electron chi connectivity index (χ1n) is 8.26. The highest BCUT2D eigenvalue weighted by Crippen LogP contribution is 2.35. The van der Waals surface area contributed by atoms with Gasteiger partial charge in [-0.05, 0) is 29.8 Å². The van der Waals surface area contributed by atoms with Gasteiger partial charge in [-0.15, -0.1) is 0 Å². The van der Waals surface area contributed by atoms with Gasteiger partial charge in [0.15, 0.2) is 0 Å². The number of nitrogens with one attached hydrogen (secondary N) is 2. The van der Waals surface area contributed by atoms with Crippen molar-refractivity contribution in [3.05, 3.63) is 53.6 Å². The largest absolute Gasteiger partial charge is 0.497 e. The normalized spacial score (nSPS) is 17.1. The lowest BCUT2D eigenvalue weighted by Crippen LogP contribution is -2.31. The molecule has 8 heteroatoms. The molecule has 0 aliphatic carbocycles. The number of amides is 1. The predicted octanol–water partition coefficient (Wildman–Crippen LogP) is 4.32. The van der Waals surface area contributed by atoms with Crippen molar-refractivity contribution in [2.45, 2.75) is 19.5 Å². The molecule has 1 aliphatic heterocycles. The van der Waals surface area contributed by atoms with Crippen LogP contribution in [0.3, 0.4) is 0 Å². The van der Waals surface area contributed by atoms with Crippen molar-refractivity contribution in [2.24, 2.45) is 11.0 Å². The first kappa shape index (κ1) is 18.8. The fourth-order valence-electron chi connectivity index (χ4n) is 2.85. The topological polar surface area (TPSA) is 62.7 Å². The van der Waals surface area contributed by atoms with Gasteiger partial charge in [0.05, 0.1) is 18.4 Å². The van der Waals surface area contributed by atoms with Crippen molar-refractivity contribution in [2.75, 3.05) is 12.4 Å². The average molecular weight is 377 g/mol. The SMILES string of the molecule is COc1cc(Nc2ccc(C3=NNC(=O)CC3C)cc2)cc(C(F)(F)F)c1. The maximum absolute atomic E-state index is 13.0. The van der Waals surface area contributed by atoms with Crippen LogP contribution in [0.1, 0.15) is 24.5 Å². The van der Waals surface area contributed by atoms with Crippen molar-refractivity contribution in [1.29, 1.82) is 0 Å². The van der Waals surface area contributed by atoms with E-state index in [1.165, 1.54) is 13.2 Å². The van der Waals surface area contributed by atoms with Gasteiger partial charge in [-0.25, -0.2) is 5.43 Å². The number of benzene rings is 2. The first-order valence-corrected chi connectivity index (χ1v) is 8.26. The molecular formula is C19H18F3N3O2. The molecule has 2 aromatic rings. The van der Waals surface area contributed by atoms with Crippen LogP contribution in [-0.4, -0.2) is 18.7 Å². The van der Waals surface area contributed by atoms with E-state index in [0.717, 1.165) is 23.4 Å². The third-order valence-electron chi connectivity index (χ3n) is 4.20. The average Bonchev–Trinajstić information content (AvgIpc) is 2.61. The molecule has 0 bridgehead atoms. The summed E-state index contributed by atoms with van der Waals surface area (Å²) >= 11 is 0. The quantitative estimate of drug-likeness (QED) is 0.834. The molecular weight excluding hydrogens is 359 g/mol. The number of anilines is 2. The fraction of sp³-hybridized carbons (Fsp3) is 0.263. The zero-order valence-corrected chi connectivity index (χ0v) is 14.7. The number of carbonyl (C=O) groups excluding carboxylic acids is 1. The lowest BCUT2D eigenvalue weighted by Gasteiger charge is -2.19. The number of hydrazone groups is 1. The van der Waals surface area contributed by atoms with Gasteiger partial charge < -0.3 is 10.1 Å².